The van der Waals surface area contributed by atoms with E-state index < -0.39 is 24.0 Å². The van der Waals surface area contributed by atoms with Gasteiger partial charge in [-0.2, -0.15) is 5.10 Å². The number of carbonyl (C=O) groups is 2. The van der Waals surface area contributed by atoms with Gasteiger partial charge >= 0.3 is 0 Å². The van der Waals surface area contributed by atoms with Gasteiger partial charge in [0, 0.05) is 22.3 Å². The molecule has 2 N–H and O–H groups in total. The summed E-state index contributed by atoms with van der Waals surface area (Å²) in [4.78, 5) is 40.8. The van der Waals surface area contributed by atoms with Crippen molar-refractivity contribution < 1.29 is 19.6 Å². The molecule has 1 fully saturated rings. The number of amides is 1. The van der Waals surface area contributed by atoms with Crippen molar-refractivity contribution in [2.45, 2.75) is 13.1 Å². The van der Waals surface area contributed by atoms with Gasteiger partial charge in [0.1, 0.15) is 18.8 Å². The molecular weight excluding hydrogens is 470 g/mol. The van der Waals surface area contributed by atoms with Gasteiger partial charge in [0.15, 0.2) is 0 Å². The zero-order valence-electron chi connectivity index (χ0n) is 20.2. The van der Waals surface area contributed by atoms with Crippen molar-refractivity contribution in [2.75, 3.05) is 36.4 Å². The van der Waals surface area contributed by atoms with E-state index in [1.54, 1.807) is 17.0 Å². The number of carboxylic acids is 1. The average Bonchev–Trinajstić information content (AvgIpc) is 2.92. The maximum absolute atomic E-state index is 12.7. The molecule has 0 radical (unpaired) electrons. The lowest BCUT2D eigenvalue weighted by atomic mass is 10.1. The Kier molecular flexibility index (Phi) is 6.96. The summed E-state index contributed by atoms with van der Waals surface area (Å²) in [6.07, 6.45) is 0. The van der Waals surface area contributed by atoms with E-state index in [9.17, 15) is 19.5 Å². The van der Waals surface area contributed by atoms with Crippen LogP contribution in [0.15, 0.2) is 83.7 Å². The van der Waals surface area contributed by atoms with Crippen LogP contribution in [0.4, 0.5) is 11.4 Å². The Balaban J connectivity index is 1.20. The SMILES string of the molecule is O=C(Cn1nc(C(=O)[O-])c2ccccc2c1=O)Nc1ccc(N2CC[NH+](Cc3ccccc3)CC2)cc1. The number of hydrogen-bond donors (Lipinski definition) is 2. The lowest BCUT2D eigenvalue weighted by molar-refractivity contribution is -0.914. The van der Waals surface area contributed by atoms with Crippen LogP contribution in [0.3, 0.4) is 0 Å². The highest BCUT2D eigenvalue weighted by atomic mass is 16.4. The highest BCUT2D eigenvalue weighted by Gasteiger charge is 2.20. The number of carboxylic acid groups (broad SMARTS) is 1. The van der Waals surface area contributed by atoms with E-state index in [2.05, 4.69) is 39.6 Å². The van der Waals surface area contributed by atoms with Gasteiger partial charge in [0.25, 0.3) is 5.56 Å². The lowest BCUT2D eigenvalue weighted by Crippen LogP contribution is -3.13. The second-order valence-electron chi connectivity index (χ2n) is 9.14. The maximum Gasteiger partial charge on any atom is 0.275 e. The van der Waals surface area contributed by atoms with Crippen LogP contribution < -0.4 is 25.8 Å². The van der Waals surface area contributed by atoms with E-state index in [4.69, 9.17) is 0 Å². The molecule has 3 aromatic carbocycles. The molecular formula is C28H27N5O4. The van der Waals surface area contributed by atoms with Crippen molar-refractivity contribution in [2.24, 2.45) is 0 Å². The van der Waals surface area contributed by atoms with Crippen molar-refractivity contribution in [1.29, 1.82) is 0 Å². The number of piperazine rings is 1. The number of carbonyl (C=O) groups excluding carboxylic acids is 2. The Labute approximate surface area is 213 Å². The van der Waals surface area contributed by atoms with E-state index >= 15 is 0 Å². The number of anilines is 2. The fourth-order valence-corrected chi connectivity index (χ4v) is 4.73. The van der Waals surface area contributed by atoms with Crippen LogP contribution in [0.25, 0.3) is 10.8 Å². The first-order valence-electron chi connectivity index (χ1n) is 12.2. The number of nitrogens with one attached hydrogen (secondary N) is 2. The summed E-state index contributed by atoms with van der Waals surface area (Å²) in [6, 6.07) is 24.3. The van der Waals surface area contributed by atoms with Crippen LogP contribution in [-0.2, 0) is 17.9 Å². The van der Waals surface area contributed by atoms with Crippen LogP contribution in [0.2, 0.25) is 0 Å². The molecule has 2 heterocycles. The Bertz CT molecular complexity index is 1480. The molecule has 1 aliphatic heterocycles. The van der Waals surface area contributed by atoms with Gasteiger partial charge in [-0.1, -0.05) is 48.5 Å². The molecule has 188 valence electrons. The van der Waals surface area contributed by atoms with Crippen LogP contribution in [0.1, 0.15) is 16.1 Å². The summed E-state index contributed by atoms with van der Waals surface area (Å²) in [5, 5.41) is 18.5. The minimum atomic E-state index is -1.51. The number of aromatic nitrogens is 2. The van der Waals surface area contributed by atoms with Gasteiger partial charge in [-0.25, -0.2) is 4.68 Å². The lowest BCUT2D eigenvalue weighted by Gasteiger charge is -2.33. The monoisotopic (exact) mass is 497 g/mol. The van der Waals surface area contributed by atoms with Gasteiger partial charge in [0.2, 0.25) is 5.91 Å². The van der Waals surface area contributed by atoms with Gasteiger partial charge in [-0.05, 0) is 30.3 Å². The molecule has 1 saturated heterocycles. The van der Waals surface area contributed by atoms with E-state index in [0.29, 0.717) is 5.69 Å². The predicted molar refractivity (Wildman–Crippen MR) is 138 cm³/mol. The number of aromatic carboxylic acids is 1. The van der Waals surface area contributed by atoms with E-state index in [1.165, 1.54) is 17.7 Å². The van der Waals surface area contributed by atoms with Crippen LogP contribution in [-0.4, -0.2) is 47.8 Å². The molecule has 0 aliphatic carbocycles. The van der Waals surface area contributed by atoms with Crippen LogP contribution >= 0.6 is 0 Å². The Morgan fingerprint density at radius 3 is 2.22 bits per heavy atom. The average molecular weight is 498 g/mol. The van der Waals surface area contributed by atoms with Crippen molar-refractivity contribution in [3.8, 4) is 0 Å². The number of nitrogens with zero attached hydrogens (tertiary/aromatic N) is 3. The van der Waals surface area contributed by atoms with Gasteiger partial charge in [-0.3, -0.25) is 9.59 Å². The summed E-state index contributed by atoms with van der Waals surface area (Å²) in [5.74, 6) is -2.00. The topological polar surface area (TPSA) is 112 Å². The molecule has 1 amide bonds. The summed E-state index contributed by atoms with van der Waals surface area (Å²) in [7, 11) is 0. The number of hydrogen-bond acceptors (Lipinski definition) is 6. The first-order valence-corrected chi connectivity index (χ1v) is 12.2. The van der Waals surface area contributed by atoms with E-state index in [1.807, 2.05) is 30.3 Å². The summed E-state index contributed by atoms with van der Waals surface area (Å²) in [6.45, 7) is 4.61. The van der Waals surface area contributed by atoms with Crippen molar-refractivity contribution in [1.82, 2.24) is 9.78 Å². The highest BCUT2D eigenvalue weighted by Crippen LogP contribution is 2.18. The fourth-order valence-electron chi connectivity index (χ4n) is 4.73. The number of quaternary nitrogens is 1. The van der Waals surface area contributed by atoms with Crippen molar-refractivity contribution in [3.05, 3.63) is 100 Å². The van der Waals surface area contributed by atoms with E-state index in [0.717, 1.165) is 43.1 Å². The third-order valence-corrected chi connectivity index (χ3v) is 6.64. The summed E-state index contributed by atoms with van der Waals surface area (Å²) >= 11 is 0. The molecule has 1 aliphatic rings. The van der Waals surface area contributed by atoms with E-state index in [-0.39, 0.29) is 16.5 Å². The predicted octanol–water partition coefficient (Wildman–Crippen LogP) is 0.304. The third kappa shape index (κ3) is 5.52. The highest BCUT2D eigenvalue weighted by molar-refractivity contribution is 6.00. The van der Waals surface area contributed by atoms with Crippen molar-refractivity contribution >= 4 is 34.0 Å². The zero-order chi connectivity index (χ0) is 25.8. The molecule has 0 spiro atoms. The molecule has 0 unspecified atom stereocenters. The quantitative estimate of drug-likeness (QED) is 0.380. The number of rotatable bonds is 7. The molecule has 9 heteroatoms. The Hall–Kier alpha value is -4.50. The fraction of sp³-hybridized carbons (Fsp3) is 0.214. The minimum Gasteiger partial charge on any atom is -0.543 e. The minimum absolute atomic E-state index is 0.166. The first kappa shape index (κ1) is 24.2. The van der Waals surface area contributed by atoms with Crippen molar-refractivity contribution in [3.63, 3.8) is 0 Å². The normalized spacial score (nSPS) is 14.0. The van der Waals surface area contributed by atoms with Crippen LogP contribution in [0.5, 0.6) is 0 Å². The van der Waals surface area contributed by atoms with Gasteiger partial charge < -0.3 is 25.0 Å². The molecule has 4 aromatic rings. The number of benzene rings is 3. The summed E-state index contributed by atoms with van der Waals surface area (Å²) in [5.41, 5.74) is 2.10. The third-order valence-electron chi connectivity index (χ3n) is 6.64. The second-order valence-corrected chi connectivity index (χ2v) is 9.14. The number of fused-ring (bicyclic) bond motifs is 1. The van der Waals surface area contributed by atoms with Gasteiger partial charge in [-0.15, -0.1) is 0 Å². The molecule has 0 bridgehead atoms. The smallest absolute Gasteiger partial charge is 0.275 e. The molecule has 9 nitrogen and oxygen atoms in total. The molecule has 1 aromatic heterocycles. The Morgan fingerprint density at radius 1 is 0.892 bits per heavy atom. The standard InChI is InChI=1S/C28H27N5O4/c34-25(19-33-27(35)24-9-5-4-8-23(24)26(30-33)28(36)37)29-21-10-12-22(13-11-21)32-16-14-31(15-17-32)18-20-6-2-1-3-7-20/h1-13H,14-19H2,(H,29,34)(H,36,37). The molecule has 0 saturated carbocycles. The van der Waals surface area contributed by atoms with Crippen LogP contribution in [0, 0.1) is 0 Å². The maximum atomic E-state index is 12.7. The second kappa shape index (κ2) is 10.6. The molecule has 37 heavy (non-hydrogen) atoms. The Morgan fingerprint density at radius 2 is 1.54 bits per heavy atom. The molecule has 5 rings (SSSR count). The summed E-state index contributed by atoms with van der Waals surface area (Å²) < 4.78 is 0.856. The molecule has 0 atom stereocenters. The largest absolute Gasteiger partial charge is 0.543 e. The first-order chi connectivity index (χ1) is 18.0. The van der Waals surface area contributed by atoms with Gasteiger partial charge in [0.05, 0.1) is 37.5 Å². The zero-order valence-corrected chi connectivity index (χ0v) is 20.2.